The van der Waals surface area contributed by atoms with Crippen LogP contribution in [0.1, 0.15) is 31.0 Å². The van der Waals surface area contributed by atoms with E-state index in [2.05, 4.69) is 15.4 Å². The molecule has 0 spiro atoms. The van der Waals surface area contributed by atoms with Crippen LogP contribution in [0.5, 0.6) is 0 Å². The third-order valence-corrected chi connectivity index (χ3v) is 3.07. The fourth-order valence-corrected chi connectivity index (χ4v) is 1.85. The molecule has 1 rings (SSSR count). The molecule has 5 heteroatoms. The second-order valence-corrected chi connectivity index (χ2v) is 4.82. The van der Waals surface area contributed by atoms with Gasteiger partial charge >= 0.3 is 5.97 Å². The molecule has 5 nitrogen and oxygen atoms in total. The lowest BCUT2D eigenvalue weighted by molar-refractivity contribution is -0.144. The Balaban J connectivity index is 2.59. The molecule has 1 unspecified atom stereocenters. The van der Waals surface area contributed by atoms with Crippen molar-refractivity contribution in [3.8, 4) is 0 Å². The van der Waals surface area contributed by atoms with Crippen LogP contribution in [0.4, 0.5) is 0 Å². The Bertz CT molecular complexity index is 457. The monoisotopic (exact) mass is 278 g/mol. The van der Waals surface area contributed by atoms with Gasteiger partial charge in [-0.25, -0.2) is 4.79 Å². The first kappa shape index (κ1) is 16.2. The minimum absolute atomic E-state index is 0.0801. The van der Waals surface area contributed by atoms with Gasteiger partial charge in [-0.3, -0.25) is 4.79 Å². The molecular formula is C15H22N2O3. The average molecular weight is 278 g/mol. The Morgan fingerprint density at radius 3 is 2.35 bits per heavy atom. The fourth-order valence-electron chi connectivity index (χ4n) is 1.85. The maximum Gasteiger partial charge on any atom is 0.329 e. The Labute approximate surface area is 119 Å². The lowest BCUT2D eigenvalue weighted by atomic mass is 10.1. The first-order chi connectivity index (χ1) is 9.43. The van der Waals surface area contributed by atoms with Gasteiger partial charge in [0.15, 0.2) is 0 Å². The Kier molecular flexibility index (Phi) is 6.18. The predicted octanol–water partition coefficient (Wildman–Crippen LogP) is 1.32. The summed E-state index contributed by atoms with van der Waals surface area (Å²) in [6.07, 6.45) is 0. The minimum Gasteiger partial charge on any atom is -0.467 e. The maximum absolute atomic E-state index is 11.6. The number of carbonyl (C=O) groups excluding carboxylic acids is 2. The van der Waals surface area contributed by atoms with Gasteiger partial charge < -0.3 is 15.4 Å². The average Bonchev–Trinajstić information content (AvgIpc) is 2.42. The van der Waals surface area contributed by atoms with E-state index >= 15 is 0 Å². The van der Waals surface area contributed by atoms with Crippen LogP contribution in [0.2, 0.25) is 0 Å². The van der Waals surface area contributed by atoms with Crippen LogP contribution in [0.3, 0.4) is 0 Å². The van der Waals surface area contributed by atoms with E-state index in [0.717, 1.165) is 5.56 Å². The second kappa shape index (κ2) is 7.65. The van der Waals surface area contributed by atoms with Crippen LogP contribution in [0, 0.1) is 6.92 Å². The summed E-state index contributed by atoms with van der Waals surface area (Å²) in [6.45, 7) is 5.74. The fraction of sp³-hybridized carbons (Fsp3) is 0.467. The molecule has 0 saturated carbocycles. The van der Waals surface area contributed by atoms with Gasteiger partial charge in [-0.05, 0) is 19.4 Å². The van der Waals surface area contributed by atoms with E-state index in [4.69, 9.17) is 0 Å². The Morgan fingerprint density at radius 2 is 1.85 bits per heavy atom. The van der Waals surface area contributed by atoms with Gasteiger partial charge in [0.25, 0.3) is 0 Å². The predicted molar refractivity (Wildman–Crippen MR) is 77.2 cm³/mol. The molecule has 0 aliphatic carbocycles. The standard InChI is InChI=1S/C15H22N2O3/c1-10-5-7-13(8-6-10)11(2)16-9-14(15(19)20-4)17-12(3)18/h5-8,11,14,16H,9H2,1-4H3,(H,17,18)/t11-,14?/m0/s1. The number of nitrogens with one attached hydrogen (secondary N) is 2. The van der Waals surface area contributed by atoms with E-state index in [-0.39, 0.29) is 11.9 Å². The zero-order valence-electron chi connectivity index (χ0n) is 12.4. The lowest BCUT2D eigenvalue weighted by Crippen LogP contribution is -2.47. The van der Waals surface area contributed by atoms with Crippen molar-refractivity contribution in [3.63, 3.8) is 0 Å². The third-order valence-electron chi connectivity index (χ3n) is 3.07. The zero-order chi connectivity index (χ0) is 15.1. The van der Waals surface area contributed by atoms with Gasteiger partial charge in [0.05, 0.1) is 7.11 Å². The molecule has 0 aliphatic heterocycles. The lowest BCUT2D eigenvalue weighted by Gasteiger charge is -2.20. The summed E-state index contributed by atoms with van der Waals surface area (Å²) in [5.74, 6) is -0.714. The third kappa shape index (κ3) is 5.01. The number of ether oxygens (including phenoxy) is 1. The highest BCUT2D eigenvalue weighted by Crippen LogP contribution is 2.12. The first-order valence-electron chi connectivity index (χ1n) is 6.59. The normalized spacial score (nSPS) is 13.4. The van der Waals surface area contributed by atoms with Gasteiger partial charge in [-0.1, -0.05) is 29.8 Å². The van der Waals surface area contributed by atoms with Crippen LogP contribution in [0.25, 0.3) is 0 Å². The largest absolute Gasteiger partial charge is 0.467 e. The van der Waals surface area contributed by atoms with Gasteiger partial charge in [0.2, 0.25) is 5.91 Å². The van der Waals surface area contributed by atoms with E-state index in [9.17, 15) is 9.59 Å². The van der Waals surface area contributed by atoms with Crippen molar-refractivity contribution in [3.05, 3.63) is 35.4 Å². The summed E-state index contributed by atoms with van der Waals surface area (Å²) >= 11 is 0. The SMILES string of the molecule is COC(=O)C(CN[C@@H](C)c1ccc(C)cc1)NC(C)=O. The van der Waals surface area contributed by atoms with E-state index in [1.165, 1.54) is 19.6 Å². The first-order valence-corrected chi connectivity index (χ1v) is 6.59. The molecule has 1 aromatic carbocycles. The van der Waals surface area contributed by atoms with Crippen LogP contribution >= 0.6 is 0 Å². The van der Waals surface area contributed by atoms with Crippen molar-refractivity contribution >= 4 is 11.9 Å². The highest BCUT2D eigenvalue weighted by atomic mass is 16.5. The van der Waals surface area contributed by atoms with Crippen LogP contribution in [-0.4, -0.2) is 31.6 Å². The molecule has 110 valence electrons. The summed E-state index contributed by atoms with van der Waals surface area (Å²) in [5.41, 5.74) is 2.33. The Hall–Kier alpha value is -1.88. The molecular weight excluding hydrogens is 256 g/mol. The summed E-state index contributed by atoms with van der Waals surface area (Å²) < 4.78 is 4.67. The van der Waals surface area contributed by atoms with Crippen molar-refractivity contribution in [2.24, 2.45) is 0 Å². The number of benzene rings is 1. The van der Waals surface area contributed by atoms with Gasteiger partial charge in [0, 0.05) is 19.5 Å². The van der Waals surface area contributed by atoms with E-state index in [1.807, 2.05) is 38.1 Å². The summed E-state index contributed by atoms with van der Waals surface area (Å²) in [5, 5.41) is 5.79. The molecule has 0 fully saturated rings. The van der Waals surface area contributed by atoms with Gasteiger partial charge in [0.1, 0.15) is 6.04 Å². The molecule has 0 aromatic heterocycles. The number of hydrogen-bond donors (Lipinski definition) is 2. The molecule has 2 atom stereocenters. The van der Waals surface area contributed by atoms with Crippen molar-refractivity contribution in [1.29, 1.82) is 0 Å². The second-order valence-electron chi connectivity index (χ2n) is 4.82. The number of methoxy groups -OCH3 is 1. The molecule has 1 amide bonds. The molecule has 0 heterocycles. The van der Waals surface area contributed by atoms with Gasteiger partial charge in [-0.2, -0.15) is 0 Å². The number of hydrogen-bond acceptors (Lipinski definition) is 4. The number of aryl methyl sites for hydroxylation is 1. The van der Waals surface area contributed by atoms with E-state index in [0.29, 0.717) is 6.54 Å². The molecule has 0 bridgehead atoms. The van der Waals surface area contributed by atoms with E-state index < -0.39 is 12.0 Å². The number of rotatable bonds is 6. The molecule has 0 saturated heterocycles. The molecule has 0 aliphatic rings. The Morgan fingerprint density at radius 1 is 1.25 bits per heavy atom. The highest BCUT2D eigenvalue weighted by Gasteiger charge is 2.20. The summed E-state index contributed by atoms with van der Waals surface area (Å²) in [7, 11) is 1.31. The summed E-state index contributed by atoms with van der Waals surface area (Å²) in [4.78, 5) is 22.6. The van der Waals surface area contributed by atoms with Crippen LogP contribution < -0.4 is 10.6 Å². The van der Waals surface area contributed by atoms with Crippen molar-refractivity contribution in [2.45, 2.75) is 32.9 Å². The minimum atomic E-state index is -0.676. The smallest absolute Gasteiger partial charge is 0.329 e. The number of amides is 1. The van der Waals surface area contributed by atoms with Crippen molar-refractivity contribution in [2.75, 3.05) is 13.7 Å². The van der Waals surface area contributed by atoms with E-state index in [1.54, 1.807) is 0 Å². The molecule has 20 heavy (non-hydrogen) atoms. The zero-order valence-corrected chi connectivity index (χ0v) is 12.4. The quantitative estimate of drug-likeness (QED) is 0.770. The highest BCUT2D eigenvalue weighted by molar-refractivity contribution is 5.83. The van der Waals surface area contributed by atoms with Crippen molar-refractivity contribution < 1.29 is 14.3 Å². The van der Waals surface area contributed by atoms with Crippen LogP contribution in [0.15, 0.2) is 24.3 Å². The maximum atomic E-state index is 11.6. The molecule has 1 aromatic rings. The summed E-state index contributed by atoms with van der Waals surface area (Å²) in [6, 6.07) is 7.57. The number of carbonyl (C=O) groups is 2. The van der Waals surface area contributed by atoms with Crippen LogP contribution in [-0.2, 0) is 14.3 Å². The molecule has 0 radical (unpaired) electrons. The topological polar surface area (TPSA) is 67.4 Å². The van der Waals surface area contributed by atoms with Gasteiger partial charge in [-0.15, -0.1) is 0 Å². The molecule has 2 N–H and O–H groups in total. The van der Waals surface area contributed by atoms with Crippen molar-refractivity contribution in [1.82, 2.24) is 10.6 Å². The number of esters is 1.